The number of likely N-dealkylation sites (tertiary alicyclic amines) is 2. The van der Waals surface area contributed by atoms with Crippen molar-refractivity contribution >= 4 is 23.3 Å². The molecule has 4 unspecified atom stereocenters. The van der Waals surface area contributed by atoms with Gasteiger partial charge in [0, 0.05) is 36.0 Å². The Bertz CT molecular complexity index is 1160. The molecule has 7 nitrogen and oxygen atoms in total. The molecule has 0 saturated carbocycles. The van der Waals surface area contributed by atoms with Crippen LogP contribution in [0.4, 0.5) is 18.0 Å². The molecule has 2 aromatic rings. The summed E-state index contributed by atoms with van der Waals surface area (Å²) in [6.45, 7) is 10.4. The largest absolute Gasteiger partial charge is 0.416 e. The summed E-state index contributed by atoms with van der Waals surface area (Å²) in [7, 11) is 0. The SMILES string of the molecule is CC(C)NC(=O)N1CC(c2csc(-c3cccc(C(F)(F)F)c3)n2)C2C1CCN2C(=O)C(N)C(C)(C)C. The van der Waals surface area contributed by atoms with Crippen LogP contribution >= 0.6 is 11.3 Å². The number of amides is 3. The maximum atomic E-state index is 13.5. The Morgan fingerprint density at radius 3 is 2.51 bits per heavy atom. The molecule has 0 radical (unpaired) electrons. The number of nitrogens with one attached hydrogen (secondary N) is 1. The van der Waals surface area contributed by atoms with Gasteiger partial charge in [0.1, 0.15) is 5.01 Å². The van der Waals surface area contributed by atoms with Gasteiger partial charge in [-0.1, -0.05) is 32.9 Å². The van der Waals surface area contributed by atoms with Crippen molar-refractivity contribution in [2.45, 2.75) is 77.3 Å². The van der Waals surface area contributed by atoms with Crippen LogP contribution in [-0.2, 0) is 11.0 Å². The predicted molar refractivity (Wildman–Crippen MR) is 137 cm³/mol. The molecule has 0 spiro atoms. The Kier molecular flexibility index (Phi) is 7.33. The maximum Gasteiger partial charge on any atom is 0.416 e. The van der Waals surface area contributed by atoms with Crippen LogP contribution in [-0.4, -0.2) is 64.0 Å². The number of urea groups is 1. The van der Waals surface area contributed by atoms with E-state index in [4.69, 9.17) is 10.7 Å². The average Bonchev–Trinajstić information content (AvgIpc) is 3.52. The minimum Gasteiger partial charge on any atom is -0.336 e. The topological polar surface area (TPSA) is 91.6 Å². The molecule has 2 aliphatic rings. The molecule has 4 rings (SSSR count). The second-order valence-electron chi connectivity index (χ2n) is 11.2. The molecule has 1 aromatic carbocycles. The highest BCUT2D eigenvalue weighted by Gasteiger charge is 2.54. The number of fused-ring (bicyclic) bond motifs is 1. The number of nitrogens with zero attached hydrogens (tertiary/aromatic N) is 3. The van der Waals surface area contributed by atoms with Crippen LogP contribution in [0.25, 0.3) is 10.6 Å². The van der Waals surface area contributed by atoms with Gasteiger partial charge in [-0.05, 0) is 37.8 Å². The van der Waals surface area contributed by atoms with Crippen molar-refractivity contribution < 1.29 is 22.8 Å². The number of carbonyl (C=O) groups excluding carboxylic acids is 2. The zero-order valence-corrected chi connectivity index (χ0v) is 22.5. The van der Waals surface area contributed by atoms with Gasteiger partial charge < -0.3 is 20.9 Å². The lowest BCUT2D eigenvalue weighted by Gasteiger charge is -2.34. The van der Waals surface area contributed by atoms with Gasteiger partial charge >= 0.3 is 12.2 Å². The van der Waals surface area contributed by atoms with Crippen LogP contribution in [0.3, 0.4) is 0 Å². The first-order valence-corrected chi connectivity index (χ1v) is 13.3. The number of alkyl halides is 3. The molecule has 2 aliphatic heterocycles. The normalized spacial score (nSPS) is 22.9. The van der Waals surface area contributed by atoms with E-state index < -0.39 is 23.2 Å². The van der Waals surface area contributed by atoms with Crippen molar-refractivity contribution in [2.75, 3.05) is 13.1 Å². The smallest absolute Gasteiger partial charge is 0.336 e. The first-order chi connectivity index (χ1) is 17.2. The molecule has 11 heteroatoms. The molecule has 3 N–H and O–H groups in total. The molecule has 4 atom stereocenters. The lowest BCUT2D eigenvalue weighted by molar-refractivity contribution is -0.137. The Hall–Kier alpha value is -2.66. The second kappa shape index (κ2) is 9.90. The number of hydrogen-bond donors (Lipinski definition) is 2. The van der Waals surface area contributed by atoms with Crippen LogP contribution in [0.1, 0.15) is 58.2 Å². The van der Waals surface area contributed by atoms with E-state index in [0.717, 1.165) is 12.1 Å². The average molecular weight is 538 g/mol. The second-order valence-corrected chi connectivity index (χ2v) is 12.1. The molecule has 0 aliphatic carbocycles. The van der Waals surface area contributed by atoms with Crippen molar-refractivity contribution in [2.24, 2.45) is 11.1 Å². The fraction of sp³-hybridized carbons (Fsp3) is 0.577. The summed E-state index contributed by atoms with van der Waals surface area (Å²) < 4.78 is 39.8. The monoisotopic (exact) mass is 537 g/mol. The molecule has 0 bridgehead atoms. The third kappa shape index (κ3) is 5.47. The van der Waals surface area contributed by atoms with Gasteiger partial charge in [0.2, 0.25) is 5.91 Å². The molecular formula is C26H34F3N5O2S. The number of rotatable bonds is 4. The van der Waals surface area contributed by atoms with Gasteiger partial charge in [-0.2, -0.15) is 13.2 Å². The summed E-state index contributed by atoms with van der Waals surface area (Å²) in [5.41, 5.74) is 6.21. The fourth-order valence-corrected chi connectivity index (χ4v) is 6.02. The Balaban J connectivity index is 1.68. The number of halogens is 3. The van der Waals surface area contributed by atoms with Gasteiger partial charge in [-0.25, -0.2) is 9.78 Å². The van der Waals surface area contributed by atoms with Crippen LogP contribution in [0.2, 0.25) is 0 Å². The van der Waals surface area contributed by atoms with E-state index in [0.29, 0.717) is 35.8 Å². The van der Waals surface area contributed by atoms with Gasteiger partial charge in [0.25, 0.3) is 0 Å². The van der Waals surface area contributed by atoms with E-state index >= 15 is 0 Å². The van der Waals surface area contributed by atoms with Crippen LogP contribution < -0.4 is 11.1 Å². The zero-order chi connectivity index (χ0) is 27.3. The highest BCUT2D eigenvalue weighted by molar-refractivity contribution is 7.13. The first kappa shape index (κ1) is 27.4. The van der Waals surface area contributed by atoms with Gasteiger partial charge in [-0.3, -0.25) is 4.79 Å². The van der Waals surface area contributed by atoms with Crippen LogP contribution in [0.5, 0.6) is 0 Å². The van der Waals surface area contributed by atoms with Gasteiger partial charge in [0.15, 0.2) is 0 Å². The molecule has 3 heterocycles. The number of carbonyl (C=O) groups is 2. The Morgan fingerprint density at radius 1 is 1.19 bits per heavy atom. The molecule has 2 fully saturated rings. The lowest BCUT2D eigenvalue weighted by atomic mass is 9.86. The molecule has 202 valence electrons. The fourth-order valence-electron chi connectivity index (χ4n) is 5.14. The molecule has 1 aromatic heterocycles. The van der Waals surface area contributed by atoms with E-state index in [9.17, 15) is 22.8 Å². The lowest BCUT2D eigenvalue weighted by Crippen LogP contribution is -2.53. The van der Waals surface area contributed by atoms with Crippen LogP contribution in [0.15, 0.2) is 29.6 Å². The highest BCUT2D eigenvalue weighted by atomic mass is 32.1. The minimum absolute atomic E-state index is 0.0507. The predicted octanol–water partition coefficient (Wildman–Crippen LogP) is 4.69. The summed E-state index contributed by atoms with van der Waals surface area (Å²) in [5, 5.41) is 5.23. The van der Waals surface area contributed by atoms with Crippen molar-refractivity contribution in [3.05, 3.63) is 40.9 Å². The quantitative estimate of drug-likeness (QED) is 0.592. The van der Waals surface area contributed by atoms with E-state index in [-0.39, 0.29) is 36.0 Å². The van der Waals surface area contributed by atoms with Crippen molar-refractivity contribution in [1.82, 2.24) is 20.1 Å². The Morgan fingerprint density at radius 2 is 1.89 bits per heavy atom. The number of thiazole rings is 1. The zero-order valence-electron chi connectivity index (χ0n) is 21.7. The highest BCUT2D eigenvalue weighted by Crippen LogP contribution is 2.43. The molecule has 3 amide bonds. The van der Waals surface area contributed by atoms with Gasteiger partial charge in [0.05, 0.1) is 29.4 Å². The first-order valence-electron chi connectivity index (χ1n) is 12.4. The van der Waals surface area contributed by atoms with E-state index in [1.165, 1.54) is 17.4 Å². The number of aromatic nitrogens is 1. The Labute approximate surface area is 219 Å². The molecular weight excluding hydrogens is 503 g/mol. The van der Waals surface area contributed by atoms with Crippen LogP contribution in [0, 0.1) is 5.41 Å². The summed E-state index contributed by atoms with van der Waals surface area (Å²) in [4.78, 5) is 34.8. The van der Waals surface area contributed by atoms with E-state index in [2.05, 4.69) is 5.32 Å². The third-order valence-electron chi connectivity index (χ3n) is 7.12. The maximum absolute atomic E-state index is 13.5. The summed E-state index contributed by atoms with van der Waals surface area (Å²) >= 11 is 1.26. The summed E-state index contributed by atoms with van der Waals surface area (Å²) in [5.74, 6) is -0.443. The third-order valence-corrected chi connectivity index (χ3v) is 8.03. The van der Waals surface area contributed by atoms with Gasteiger partial charge in [-0.15, -0.1) is 11.3 Å². The number of hydrogen-bond acceptors (Lipinski definition) is 5. The molecule has 2 saturated heterocycles. The van der Waals surface area contributed by atoms with Crippen molar-refractivity contribution in [3.63, 3.8) is 0 Å². The minimum atomic E-state index is -4.45. The molecule has 37 heavy (non-hydrogen) atoms. The number of benzene rings is 1. The van der Waals surface area contributed by atoms with E-state index in [1.807, 2.05) is 40.0 Å². The number of nitrogens with two attached hydrogens (primary N) is 1. The summed E-state index contributed by atoms with van der Waals surface area (Å²) in [6, 6.07) is 3.64. The van der Waals surface area contributed by atoms with Crippen molar-refractivity contribution in [1.29, 1.82) is 0 Å². The standard InChI is InChI=1S/C26H34F3N5O2S/c1-14(2)31-24(36)34-12-17(20-19(34)9-10-33(20)23(35)21(30)25(3,4)5)18-13-37-22(32-18)15-7-6-8-16(11-15)26(27,28)29/h6-8,11,13-14,17,19-21H,9-10,12,30H2,1-5H3,(H,31,36). The van der Waals surface area contributed by atoms with Crippen molar-refractivity contribution in [3.8, 4) is 10.6 Å². The van der Waals surface area contributed by atoms with E-state index in [1.54, 1.807) is 15.9 Å². The summed E-state index contributed by atoms with van der Waals surface area (Å²) in [6.07, 6.45) is -3.82.